The van der Waals surface area contributed by atoms with Gasteiger partial charge in [0.2, 0.25) is 5.88 Å². The Hall–Kier alpha value is -2.36. The highest BCUT2D eigenvalue weighted by molar-refractivity contribution is 5.87. The number of pyridine rings is 1. The van der Waals surface area contributed by atoms with Crippen LogP contribution in [0.3, 0.4) is 0 Å². The molecule has 0 spiro atoms. The number of rotatable bonds is 3. The van der Waals surface area contributed by atoms with Crippen LogP contribution in [0.15, 0.2) is 30.5 Å². The van der Waals surface area contributed by atoms with Gasteiger partial charge >= 0.3 is 5.97 Å². The number of carboxylic acids is 1. The summed E-state index contributed by atoms with van der Waals surface area (Å²) in [6.45, 7) is 5.82. The van der Waals surface area contributed by atoms with Gasteiger partial charge in [-0.3, -0.25) is 0 Å². The maximum atomic E-state index is 10.8. The number of ether oxygens (including phenoxy) is 1. The predicted molar refractivity (Wildman–Crippen MR) is 71.9 cm³/mol. The van der Waals surface area contributed by atoms with E-state index >= 15 is 0 Å². The molecule has 4 nitrogen and oxygen atoms in total. The zero-order valence-corrected chi connectivity index (χ0v) is 11.1. The molecule has 19 heavy (non-hydrogen) atoms. The fourth-order valence-corrected chi connectivity index (χ4v) is 1.68. The van der Waals surface area contributed by atoms with Gasteiger partial charge in [-0.05, 0) is 50.1 Å². The molecule has 1 aromatic carbocycles. The summed E-state index contributed by atoms with van der Waals surface area (Å²) in [5, 5.41) is 8.88. The Morgan fingerprint density at radius 1 is 1.11 bits per heavy atom. The smallest absolute Gasteiger partial charge is 0.337 e. The van der Waals surface area contributed by atoms with Gasteiger partial charge in [-0.1, -0.05) is 6.07 Å². The molecule has 98 valence electrons. The van der Waals surface area contributed by atoms with Gasteiger partial charge in [0.1, 0.15) is 5.75 Å². The van der Waals surface area contributed by atoms with E-state index in [1.807, 2.05) is 32.0 Å². The van der Waals surface area contributed by atoms with Crippen molar-refractivity contribution in [1.29, 1.82) is 0 Å². The fourth-order valence-electron chi connectivity index (χ4n) is 1.68. The number of carboxylic acid groups (broad SMARTS) is 1. The minimum Gasteiger partial charge on any atom is -0.478 e. The summed E-state index contributed by atoms with van der Waals surface area (Å²) in [5.41, 5.74) is 3.18. The van der Waals surface area contributed by atoms with Crippen molar-refractivity contribution in [3.05, 3.63) is 52.7 Å². The van der Waals surface area contributed by atoms with Crippen LogP contribution in [0.4, 0.5) is 0 Å². The average Bonchev–Trinajstić information content (AvgIpc) is 2.36. The second kappa shape index (κ2) is 5.10. The van der Waals surface area contributed by atoms with Gasteiger partial charge in [0, 0.05) is 11.8 Å². The average molecular weight is 257 g/mol. The highest BCUT2D eigenvalue weighted by Crippen LogP contribution is 2.25. The molecule has 4 heteroatoms. The van der Waals surface area contributed by atoms with Crippen LogP contribution in [0.1, 0.15) is 27.0 Å². The number of nitrogens with zero attached hydrogens (tertiary/aromatic N) is 1. The molecule has 0 unspecified atom stereocenters. The highest BCUT2D eigenvalue weighted by atomic mass is 16.5. The molecule has 0 saturated carbocycles. The molecule has 2 aromatic rings. The fraction of sp³-hybridized carbons (Fsp3) is 0.200. The lowest BCUT2D eigenvalue weighted by Crippen LogP contribution is -2.00. The zero-order chi connectivity index (χ0) is 14.0. The Labute approximate surface area is 111 Å². The SMILES string of the molecule is Cc1ccc(Oc2ncc(C(=O)O)cc2C)cc1C. The van der Waals surface area contributed by atoms with E-state index < -0.39 is 5.97 Å². The molecule has 2 rings (SSSR count). The standard InChI is InChI=1S/C15H15NO3/c1-9-4-5-13(7-10(9)2)19-14-11(3)6-12(8-16-14)15(17)18/h4-8H,1-3H3,(H,17,18). The van der Waals surface area contributed by atoms with Crippen molar-refractivity contribution < 1.29 is 14.6 Å². The molecule has 0 aliphatic carbocycles. The zero-order valence-electron chi connectivity index (χ0n) is 11.1. The first-order valence-corrected chi connectivity index (χ1v) is 5.92. The summed E-state index contributed by atoms with van der Waals surface area (Å²) in [6, 6.07) is 7.33. The van der Waals surface area contributed by atoms with E-state index in [1.165, 1.54) is 11.8 Å². The first kappa shape index (κ1) is 13.1. The number of aromatic nitrogens is 1. The molecule has 1 aromatic heterocycles. The van der Waals surface area contributed by atoms with E-state index in [4.69, 9.17) is 9.84 Å². The van der Waals surface area contributed by atoms with Crippen molar-refractivity contribution in [3.8, 4) is 11.6 Å². The summed E-state index contributed by atoms with van der Waals surface area (Å²) < 4.78 is 5.68. The van der Waals surface area contributed by atoms with Crippen LogP contribution in [0.25, 0.3) is 0 Å². The quantitative estimate of drug-likeness (QED) is 0.914. The van der Waals surface area contributed by atoms with Crippen molar-refractivity contribution >= 4 is 5.97 Å². The maximum Gasteiger partial charge on any atom is 0.337 e. The van der Waals surface area contributed by atoms with Crippen molar-refractivity contribution in [2.24, 2.45) is 0 Å². The molecular weight excluding hydrogens is 242 g/mol. The largest absolute Gasteiger partial charge is 0.478 e. The number of hydrogen-bond acceptors (Lipinski definition) is 3. The number of carbonyl (C=O) groups is 1. The van der Waals surface area contributed by atoms with Gasteiger partial charge in [0.05, 0.1) is 5.56 Å². The monoisotopic (exact) mass is 257 g/mol. The molecule has 1 heterocycles. The number of benzene rings is 1. The molecule has 0 aliphatic rings. The summed E-state index contributed by atoms with van der Waals surface area (Å²) in [4.78, 5) is 14.9. The molecule has 0 saturated heterocycles. The van der Waals surface area contributed by atoms with Gasteiger partial charge < -0.3 is 9.84 Å². The van der Waals surface area contributed by atoms with E-state index in [0.717, 1.165) is 5.56 Å². The van der Waals surface area contributed by atoms with E-state index in [1.54, 1.807) is 13.0 Å². The van der Waals surface area contributed by atoms with E-state index in [-0.39, 0.29) is 5.56 Å². The number of hydrogen-bond donors (Lipinski definition) is 1. The summed E-state index contributed by atoms with van der Waals surface area (Å²) in [5.74, 6) is 0.128. The number of aryl methyl sites for hydroxylation is 3. The Morgan fingerprint density at radius 3 is 2.42 bits per heavy atom. The third kappa shape index (κ3) is 2.91. The van der Waals surface area contributed by atoms with Gasteiger partial charge in [-0.2, -0.15) is 0 Å². The lowest BCUT2D eigenvalue weighted by molar-refractivity contribution is 0.0696. The predicted octanol–water partition coefficient (Wildman–Crippen LogP) is 3.50. The van der Waals surface area contributed by atoms with Gasteiger partial charge in [0.25, 0.3) is 0 Å². The van der Waals surface area contributed by atoms with Crippen LogP contribution in [0.2, 0.25) is 0 Å². The Balaban J connectivity index is 2.28. The number of aromatic carboxylic acids is 1. The molecule has 0 fully saturated rings. The van der Waals surface area contributed by atoms with E-state index in [9.17, 15) is 4.79 Å². The van der Waals surface area contributed by atoms with Gasteiger partial charge in [0.15, 0.2) is 0 Å². The molecule has 0 bridgehead atoms. The second-order valence-corrected chi connectivity index (χ2v) is 4.50. The first-order valence-electron chi connectivity index (χ1n) is 5.92. The Bertz CT molecular complexity index is 635. The van der Waals surface area contributed by atoms with Crippen molar-refractivity contribution in [1.82, 2.24) is 4.98 Å². The van der Waals surface area contributed by atoms with Gasteiger partial charge in [-0.25, -0.2) is 9.78 Å². The third-order valence-electron chi connectivity index (χ3n) is 2.97. The maximum absolute atomic E-state index is 10.8. The lowest BCUT2D eigenvalue weighted by atomic mass is 10.1. The van der Waals surface area contributed by atoms with Crippen LogP contribution in [-0.4, -0.2) is 16.1 Å². The molecule has 0 aliphatic heterocycles. The highest BCUT2D eigenvalue weighted by Gasteiger charge is 2.09. The van der Waals surface area contributed by atoms with Crippen LogP contribution >= 0.6 is 0 Å². The normalized spacial score (nSPS) is 10.3. The van der Waals surface area contributed by atoms with Crippen molar-refractivity contribution in [2.75, 3.05) is 0 Å². The summed E-state index contributed by atoms with van der Waals surface area (Å²) in [6.07, 6.45) is 1.30. The molecule has 1 N–H and O–H groups in total. The van der Waals surface area contributed by atoms with E-state index in [0.29, 0.717) is 17.2 Å². The van der Waals surface area contributed by atoms with Gasteiger partial charge in [-0.15, -0.1) is 0 Å². The van der Waals surface area contributed by atoms with Crippen LogP contribution in [0.5, 0.6) is 11.6 Å². The van der Waals surface area contributed by atoms with Crippen LogP contribution < -0.4 is 4.74 Å². The summed E-state index contributed by atoms with van der Waals surface area (Å²) in [7, 11) is 0. The van der Waals surface area contributed by atoms with E-state index in [2.05, 4.69) is 4.98 Å². The topological polar surface area (TPSA) is 59.4 Å². The summed E-state index contributed by atoms with van der Waals surface area (Å²) >= 11 is 0. The van der Waals surface area contributed by atoms with Crippen molar-refractivity contribution in [3.63, 3.8) is 0 Å². The molecular formula is C15H15NO3. The second-order valence-electron chi connectivity index (χ2n) is 4.50. The van der Waals surface area contributed by atoms with Crippen LogP contribution in [0, 0.1) is 20.8 Å². The third-order valence-corrected chi connectivity index (χ3v) is 2.97. The Kier molecular flexibility index (Phi) is 3.51. The Morgan fingerprint density at radius 2 is 1.84 bits per heavy atom. The minimum atomic E-state index is -0.992. The lowest BCUT2D eigenvalue weighted by Gasteiger charge is -2.09. The van der Waals surface area contributed by atoms with Crippen molar-refractivity contribution in [2.45, 2.75) is 20.8 Å². The molecule has 0 radical (unpaired) electrons. The molecule has 0 atom stereocenters. The first-order chi connectivity index (χ1) is 8.97. The van der Waals surface area contributed by atoms with Crippen LogP contribution in [-0.2, 0) is 0 Å². The minimum absolute atomic E-state index is 0.157. The molecule has 0 amide bonds.